The fourth-order valence-electron chi connectivity index (χ4n) is 3.98. The molecule has 1 saturated heterocycles. The van der Waals surface area contributed by atoms with E-state index in [2.05, 4.69) is 31.2 Å². The number of benzene rings is 2. The highest BCUT2D eigenvalue weighted by atomic mass is 35.5. The summed E-state index contributed by atoms with van der Waals surface area (Å²) < 4.78 is 66.5. The first-order valence-corrected chi connectivity index (χ1v) is 13.9. The molecule has 4 rings (SSSR count). The summed E-state index contributed by atoms with van der Waals surface area (Å²) >= 11 is 7.48. The van der Waals surface area contributed by atoms with E-state index in [4.69, 9.17) is 16.6 Å². The molecule has 1 aromatic heterocycles. The fourth-order valence-corrected chi connectivity index (χ4v) is 6.78. The van der Waals surface area contributed by atoms with Crippen LogP contribution in [-0.2, 0) is 29.0 Å². The van der Waals surface area contributed by atoms with Gasteiger partial charge in [-0.3, -0.25) is 0 Å². The number of aromatic nitrogens is 1. The lowest BCUT2D eigenvalue weighted by atomic mass is 10.1. The van der Waals surface area contributed by atoms with Crippen molar-refractivity contribution in [1.29, 1.82) is 0 Å². The highest BCUT2D eigenvalue weighted by molar-refractivity contribution is 7.89. The molecule has 5 nitrogen and oxygen atoms in total. The molecule has 11 heteroatoms. The quantitative estimate of drug-likeness (QED) is 0.374. The van der Waals surface area contributed by atoms with Crippen LogP contribution in [0.15, 0.2) is 52.7 Å². The molecule has 0 radical (unpaired) electrons. The molecule has 0 spiro atoms. The Balaban J connectivity index is 1.41. The SMILES string of the molecule is CCCc1ccc(Cc2csc(N3CCN(S(=O)(=O)c4cc(C(F)(F)F)ccc4Cl)CC3)n2)cc1. The van der Waals surface area contributed by atoms with Crippen molar-refractivity contribution in [2.24, 2.45) is 0 Å². The maximum Gasteiger partial charge on any atom is 0.416 e. The maximum absolute atomic E-state index is 13.1. The van der Waals surface area contributed by atoms with Gasteiger partial charge in [0.15, 0.2) is 5.13 Å². The molecule has 0 unspecified atom stereocenters. The topological polar surface area (TPSA) is 53.5 Å². The van der Waals surface area contributed by atoms with Crippen LogP contribution in [0.3, 0.4) is 0 Å². The zero-order chi connectivity index (χ0) is 25.2. The van der Waals surface area contributed by atoms with Crippen LogP contribution in [-0.4, -0.2) is 43.9 Å². The van der Waals surface area contributed by atoms with E-state index in [1.165, 1.54) is 26.8 Å². The Labute approximate surface area is 212 Å². The number of hydrogen-bond acceptors (Lipinski definition) is 5. The smallest absolute Gasteiger partial charge is 0.345 e. The molecule has 0 atom stereocenters. The molecule has 35 heavy (non-hydrogen) atoms. The van der Waals surface area contributed by atoms with Gasteiger partial charge in [-0.1, -0.05) is 49.2 Å². The second-order valence-electron chi connectivity index (χ2n) is 8.40. The molecule has 188 valence electrons. The van der Waals surface area contributed by atoms with Crippen LogP contribution in [0.4, 0.5) is 18.3 Å². The van der Waals surface area contributed by atoms with Crippen molar-refractivity contribution >= 4 is 38.1 Å². The van der Waals surface area contributed by atoms with Crippen molar-refractivity contribution in [3.8, 4) is 0 Å². The van der Waals surface area contributed by atoms with Crippen LogP contribution in [0.1, 0.15) is 35.7 Å². The van der Waals surface area contributed by atoms with E-state index in [9.17, 15) is 21.6 Å². The van der Waals surface area contributed by atoms with E-state index in [0.717, 1.165) is 35.8 Å². The van der Waals surface area contributed by atoms with Gasteiger partial charge >= 0.3 is 6.18 Å². The Morgan fingerprint density at radius 1 is 1.03 bits per heavy atom. The van der Waals surface area contributed by atoms with E-state index >= 15 is 0 Å². The molecular weight excluding hydrogens is 519 g/mol. The second kappa shape index (κ2) is 10.5. The molecular formula is C24H25ClF3N3O2S2. The minimum Gasteiger partial charge on any atom is -0.345 e. The number of rotatable bonds is 7. The molecule has 1 aliphatic heterocycles. The monoisotopic (exact) mass is 543 g/mol. The number of hydrogen-bond donors (Lipinski definition) is 0. The number of thiazole rings is 1. The fraction of sp³-hybridized carbons (Fsp3) is 0.375. The first-order chi connectivity index (χ1) is 16.6. The van der Waals surface area contributed by atoms with E-state index in [1.807, 2.05) is 10.3 Å². The van der Waals surface area contributed by atoms with E-state index in [0.29, 0.717) is 25.6 Å². The lowest BCUT2D eigenvalue weighted by Crippen LogP contribution is -2.48. The Morgan fingerprint density at radius 3 is 2.31 bits per heavy atom. The Morgan fingerprint density at radius 2 is 1.69 bits per heavy atom. The number of alkyl halides is 3. The molecule has 0 saturated carbocycles. The summed E-state index contributed by atoms with van der Waals surface area (Å²) in [6.07, 6.45) is -1.78. The minimum absolute atomic E-state index is 0.128. The van der Waals surface area contributed by atoms with Gasteiger partial charge in [0.2, 0.25) is 10.0 Å². The lowest BCUT2D eigenvalue weighted by Gasteiger charge is -2.34. The van der Waals surface area contributed by atoms with Crippen molar-refractivity contribution in [1.82, 2.24) is 9.29 Å². The summed E-state index contributed by atoms with van der Waals surface area (Å²) in [5.41, 5.74) is 2.39. The van der Waals surface area contributed by atoms with Gasteiger partial charge in [-0.15, -0.1) is 11.3 Å². The van der Waals surface area contributed by atoms with Crippen molar-refractivity contribution in [3.63, 3.8) is 0 Å². The Kier molecular flexibility index (Phi) is 7.75. The molecule has 2 heterocycles. The zero-order valence-electron chi connectivity index (χ0n) is 19.1. The first kappa shape index (κ1) is 25.9. The molecule has 3 aromatic rings. The highest BCUT2D eigenvalue weighted by Gasteiger charge is 2.35. The van der Waals surface area contributed by atoms with Crippen LogP contribution in [0.5, 0.6) is 0 Å². The standard InChI is InChI=1S/C24H25ClF3N3O2S2/c1-2-3-17-4-6-18(7-5-17)14-20-16-34-23(29-20)30-10-12-31(13-11-30)35(32,33)22-15-19(24(26,27)28)8-9-21(22)25/h4-9,15-16H,2-3,10-14H2,1H3. The van der Waals surface area contributed by atoms with Crippen LogP contribution >= 0.6 is 22.9 Å². The maximum atomic E-state index is 13.1. The summed E-state index contributed by atoms with van der Waals surface area (Å²) in [4.78, 5) is 6.19. The first-order valence-electron chi connectivity index (χ1n) is 11.2. The van der Waals surface area contributed by atoms with Crippen molar-refractivity contribution < 1.29 is 21.6 Å². The van der Waals surface area contributed by atoms with Gasteiger partial charge in [-0.2, -0.15) is 17.5 Å². The highest BCUT2D eigenvalue weighted by Crippen LogP contribution is 2.35. The molecule has 2 aromatic carbocycles. The van der Waals surface area contributed by atoms with Crippen LogP contribution in [0.2, 0.25) is 5.02 Å². The number of sulfonamides is 1. The van der Waals surface area contributed by atoms with Gasteiger partial charge in [-0.05, 0) is 35.7 Å². The van der Waals surface area contributed by atoms with Crippen molar-refractivity contribution in [2.45, 2.75) is 37.3 Å². The Hall–Kier alpha value is -2.14. The average Bonchev–Trinajstić information content (AvgIpc) is 3.28. The van der Waals surface area contributed by atoms with Gasteiger partial charge in [0.1, 0.15) is 4.90 Å². The predicted octanol–water partition coefficient (Wildman–Crippen LogP) is 5.87. The number of nitrogens with zero attached hydrogens (tertiary/aromatic N) is 3. The summed E-state index contributed by atoms with van der Waals surface area (Å²) in [6.45, 7) is 3.18. The molecule has 0 aliphatic carbocycles. The third-order valence-electron chi connectivity index (χ3n) is 5.87. The summed E-state index contributed by atoms with van der Waals surface area (Å²) in [5.74, 6) is 0. The third kappa shape index (κ3) is 5.99. The molecule has 0 amide bonds. The van der Waals surface area contributed by atoms with Gasteiger partial charge in [0.05, 0.1) is 16.3 Å². The molecule has 1 fully saturated rings. The lowest BCUT2D eigenvalue weighted by molar-refractivity contribution is -0.137. The minimum atomic E-state index is -4.66. The van der Waals surface area contributed by atoms with Gasteiger partial charge < -0.3 is 4.90 Å². The van der Waals surface area contributed by atoms with Gasteiger partial charge in [0.25, 0.3) is 0 Å². The zero-order valence-corrected chi connectivity index (χ0v) is 21.4. The number of anilines is 1. The van der Waals surface area contributed by atoms with E-state index in [-0.39, 0.29) is 18.1 Å². The second-order valence-corrected chi connectivity index (χ2v) is 11.5. The van der Waals surface area contributed by atoms with Crippen LogP contribution < -0.4 is 4.90 Å². The average molecular weight is 544 g/mol. The van der Waals surface area contributed by atoms with Crippen molar-refractivity contribution in [3.05, 3.63) is 75.3 Å². The normalized spacial score (nSPS) is 15.5. The summed E-state index contributed by atoms with van der Waals surface area (Å²) in [7, 11) is -4.17. The third-order valence-corrected chi connectivity index (χ3v) is 9.20. The molecule has 1 aliphatic rings. The van der Waals surface area contributed by atoms with E-state index in [1.54, 1.807) is 0 Å². The molecule has 0 bridgehead atoms. The van der Waals surface area contributed by atoms with Crippen molar-refractivity contribution in [2.75, 3.05) is 31.1 Å². The largest absolute Gasteiger partial charge is 0.416 e. The van der Waals surface area contributed by atoms with Crippen LogP contribution in [0.25, 0.3) is 0 Å². The summed E-state index contributed by atoms with van der Waals surface area (Å²) in [5, 5.41) is 2.57. The number of piperazine rings is 1. The number of aryl methyl sites for hydroxylation is 1. The van der Waals surface area contributed by atoms with E-state index < -0.39 is 26.7 Å². The number of halogens is 4. The van der Waals surface area contributed by atoms with Crippen LogP contribution in [0, 0.1) is 0 Å². The van der Waals surface area contributed by atoms with Gasteiger partial charge in [0, 0.05) is 38.0 Å². The summed E-state index contributed by atoms with van der Waals surface area (Å²) in [6, 6.07) is 10.9. The van der Waals surface area contributed by atoms with Gasteiger partial charge in [-0.25, -0.2) is 13.4 Å². The predicted molar refractivity (Wildman–Crippen MR) is 133 cm³/mol. The Bertz CT molecular complexity index is 1270. The molecule has 0 N–H and O–H groups in total.